The van der Waals surface area contributed by atoms with Crippen LogP contribution in [0.1, 0.15) is 19.8 Å². The molecule has 0 unspecified atom stereocenters. The fourth-order valence-corrected chi connectivity index (χ4v) is 1.60. The lowest BCUT2D eigenvalue weighted by atomic mass is 10.1. The predicted octanol–water partition coefficient (Wildman–Crippen LogP) is 1.87. The Bertz CT molecular complexity index is 131. The van der Waals surface area contributed by atoms with E-state index >= 15 is 0 Å². The summed E-state index contributed by atoms with van der Waals surface area (Å²) in [4.78, 5) is 0. The Balaban J connectivity index is 2.58. The van der Waals surface area contributed by atoms with Crippen LogP contribution in [0.3, 0.4) is 0 Å². The van der Waals surface area contributed by atoms with Crippen LogP contribution in [-0.2, 0) is 0 Å². The fraction of sp³-hybridized carbons (Fsp3) is 0.714. The number of hydrogen-bond acceptors (Lipinski definition) is 1. The highest BCUT2D eigenvalue weighted by Crippen LogP contribution is 2.28. The average Bonchev–Trinajstić information content (AvgIpc) is 2.10. The Morgan fingerprint density at radius 2 is 2.44 bits per heavy atom. The summed E-state index contributed by atoms with van der Waals surface area (Å²) in [5.41, 5.74) is 8.57. The van der Waals surface area contributed by atoms with Gasteiger partial charge >= 0.3 is 0 Å². The van der Waals surface area contributed by atoms with Gasteiger partial charge in [-0.3, -0.25) is 0 Å². The van der Waals surface area contributed by atoms with E-state index in [-0.39, 0.29) is 6.04 Å². The lowest BCUT2D eigenvalue weighted by Crippen LogP contribution is -2.16. The van der Waals surface area contributed by atoms with Crippen LogP contribution in [0.4, 0.5) is 0 Å². The van der Waals surface area contributed by atoms with Crippen molar-refractivity contribution in [3.8, 4) is 0 Å². The molecule has 1 aliphatic rings. The van der Waals surface area contributed by atoms with Gasteiger partial charge in [-0.1, -0.05) is 18.5 Å². The quantitative estimate of drug-likeness (QED) is 0.554. The molecule has 0 saturated heterocycles. The van der Waals surface area contributed by atoms with E-state index in [1.165, 1.54) is 5.57 Å². The number of nitrogens with two attached hydrogens (primary N) is 1. The van der Waals surface area contributed by atoms with Gasteiger partial charge in [0.05, 0.1) is 0 Å². The molecule has 0 aromatic rings. The predicted molar refractivity (Wildman–Crippen MR) is 40.3 cm³/mol. The zero-order valence-corrected chi connectivity index (χ0v) is 6.36. The summed E-state index contributed by atoms with van der Waals surface area (Å²) in [7, 11) is 0. The summed E-state index contributed by atoms with van der Waals surface area (Å²) >= 11 is 5.53. The van der Waals surface area contributed by atoms with E-state index in [2.05, 4.69) is 6.92 Å². The summed E-state index contributed by atoms with van der Waals surface area (Å²) < 4.78 is 0. The molecule has 52 valence electrons. The van der Waals surface area contributed by atoms with Crippen LogP contribution in [0.15, 0.2) is 11.1 Å². The van der Waals surface area contributed by atoms with Gasteiger partial charge in [0.2, 0.25) is 0 Å². The lowest BCUT2D eigenvalue weighted by Gasteiger charge is -2.00. The largest absolute Gasteiger partial charge is 0.324 e. The van der Waals surface area contributed by atoms with Crippen molar-refractivity contribution in [1.29, 1.82) is 0 Å². The molecule has 0 aliphatic heterocycles. The van der Waals surface area contributed by atoms with Gasteiger partial charge in [0.1, 0.15) is 0 Å². The van der Waals surface area contributed by atoms with Crippen molar-refractivity contribution in [3.05, 3.63) is 11.1 Å². The number of halogens is 1. The first kappa shape index (κ1) is 7.10. The lowest BCUT2D eigenvalue weighted by molar-refractivity contribution is 0.594. The van der Waals surface area contributed by atoms with Gasteiger partial charge < -0.3 is 5.73 Å². The van der Waals surface area contributed by atoms with E-state index in [1.807, 2.05) is 0 Å². The normalized spacial score (nSPS) is 40.1. The van der Waals surface area contributed by atoms with E-state index in [0.717, 1.165) is 18.8 Å². The molecule has 1 fully saturated rings. The van der Waals surface area contributed by atoms with Gasteiger partial charge in [0.25, 0.3) is 0 Å². The highest BCUT2D eigenvalue weighted by Gasteiger charge is 2.22. The minimum atomic E-state index is 0.234. The van der Waals surface area contributed by atoms with Crippen molar-refractivity contribution < 1.29 is 0 Å². The van der Waals surface area contributed by atoms with Gasteiger partial charge in [-0.15, -0.1) is 0 Å². The van der Waals surface area contributed by atoms with Crippen LogP contribution in [0.2, 0.25) is 0 Å². The second kappa shape index (κ2) is 2.72. The van der Waals surface area contributed by atoms with Gasteiger partial charge in [0.15, 0.2) is 0 Å². The van der Waals surface area contributed by atoms with E-state index in [1.54, 1.807) is 5.54 Å². The minimum Gasteiger partial charge on any atom is -0.324 e. The Morgan fingerprint density at radius 3 is 2.67 bits per heavy atom. The first-order valence-corrected chi connectivity index (χ1v) is 3.72. The van der Waals surface area contributed by atoms with Crippen LogP contribution in [-0.4, -0.2) is 6.04 Å². The van der Waals surface area contributed by atoms with Crippen molar-refractivity contribution >= 4 is 11.6 Å². The van der Waals surface area contributed by atoms with Crippen molar-refractivity contribution in [2.75, 3.05) is 0 Å². The van der Waals surface area contributed by atoms with Crippen LogP contribution in [0.25, 0.3) is 0 Å². The second-order valence-electron chi connectivity index (χ2n) is 2.84. The van der Waals surface area contributed by atoms with E-state index in [9.17, 15) is 0 Å². The number of hydrogen-bond donors (Lipinski definition) is 1. The maximum Gasteiger partial charge on any atom is 0.0268 e. The first-order valence-electron chi connectivity index (χ1n) is 3.28. The highest BCUT2D eigenvalue weighted by atomic mass is 35.5. The maximum atomic E-state index is 5.73. The zero-order valence-electron chi connectivity index (χ0n) is 5.60. The molecule has 1 nitrogen and oxygen atoms in total. The third-order valence-corrected chi connectivity index (χ3v) is 2.14. The Morgan fingerprint density at radius 1 is 1.78 bits per heavy atom. The molecule has 2 atom stereocenters. The second-order valence-corrected chi connectivity index (χ2v) is 3.05. The maximum absolute atomic E-state index is 5.73. The summed E-state index contributed by atoms with van der Waals surface area (Å²) in [6.45, 7) is 2.20. The molecule has 2 N–H and O–H groups in total. The molecule has 1 rings (SSSR count). The van der Waals surface area contributed by atoms with Crippen LogP contribution in [0, 0.1) is 5.92 Å². The van der Waals surface area contributed by atoms with E-state index < -0.39 is 0 Å². The molecule has 0 bridgehead atoms. The van der Waals surface area contributed by atoms with Gasteiger partial charge in [0, 0.05) is 11.6 Å². The topological polar surface area (TPSA) is 26.0 Å². The van der Waals surface area contributed by atoms with Gasteiger partial charge in [-0.25, -0.2) is 0 Å². The first-order chi connectivity index (χ1) is 4.24. The molecule has 1 saturated carbocycles. The van der Waals surface area contributed by atoms with Crippen molar-refractivity contribution in [2.45, 2.75) is 25.8 Å². The van der Waals surface area contributed by atoms with E-state index in [4.69, 9.17) is 17.3 Å². The monoisotopic (exact) mass is 145 g/mol. The molecule has 0 amide bonds. The Labute approximate surface area is 60.9 Å². The minimum absolute atomic E-state index is 0.234. The average molecular weight is 146 g/mol. The summed E-state index contributed by atoms with van der Waals surface area (Å²) in [6, 6.07) is 0.234. The summed E-state index contributed by atoms with van der Waals surface area (Å²) in [5, 5.41) is 0. The van der Waals surface area contributed by atoms with Crippen molar-refractivity contribution in [2.24, 2.45) is 11.7 Å². The molecule has 0 radical (unpaired) electrons. The fourth-order valence-electron chi connectivity index (χ4n) is 1.35. The van der Waals surface area contributed by atoms with Crippen LogP contribution in [0.5, 0.6) is 0 Å². The van der Waals surface area contributed by atoms with Gasteiger partial charge in [-0.05, 0) is 24.3 Å². The molecule has 0 spiro atoms. The van der Waals surface area contributed by atoms with Gasteiger partial charge in [-0.2, -0.15) is 0 Å². The number of rotatable bonds is 0. The zero-order chi connectivity index (χ0) is 6.85. The SMILES string of the molecule is C[C@H]1C/C(=C/Cl)[C@@H](N)C1. The molecule has 9 heavy (non-hydrogen) atoms. The highest BCUT2D eigenvalue weighted by molar-refractivity contribution is 6.25. The third kappa shape index (κ3) is 1.46. The molecule has 1 aliphatic carbocycles. The summed E-state index contributed by atoms with van der Waals surface area (Å²) in [6.07, 6.45) is 2.18. The van der Waals surface area contributed by atoms with Crippen LogP contribution < -0.4 is 5.73 Å². The molecule has 0 aromatic carbocycles. The Hall–Kier alpha value is -0.0100. The molecule has 0 aromatic heterocycles. The van der Waals surface area contributed by atoms with Crippen LogP contribution >= 0.6 is 11.6 Å². The molecule has 0 heterocycles. The van der Waals surface area contributed by atoms with Crippen molar-refractivity contribution in [3.63, 3.8) is 0 Å². The molecular formula is C7H12ClN. The molecular weight excluding hydrogens is 134 g/mol. The smallest absolute Gasteiger partial charge is 0.0268 e. The van der Waals surface area contributed by atoms with Crippen molar-refractivity contribution in [1.82, 2.24) is 0 Å². The molecule has 2 heteroatoms. The standard InChI is InChI=1S/C7H12ClN/c1-5-2-6(4-8)7(9)3-5/h4-5,7H,2-3,9H2,1H3/b6-4-/t5-,7-/m0/s1. The van der Waals surface area contributed by atoms with E-state index in [0.29, 0.717) is 0 Å². The Kier molecular flexibility index (Phi) is 2.14. The summed E-state index contributed by atoms with van der Waals surface area (Å²) in [5.74, 6) is 0.727. The third-order valence-electron chi connectivity index (χ3n) is 1.86.